The molecule has 28 heavy (non-hydrogen) atoms. The molecule has 0 saturated heterocycles. The largest absolute Gasteiger partial charge is 0.493 e. The fourth-order valence-corrected chi connectivity index (χ4v) is 2.91. The normalized spacial score (nSPS) is 11.2. The number of fused-ring (bicyclic) bond motifs is 1. The number of hydrogen-bond donors (Lipinski definition) is 1. The molecular formula is C23H19FN2O2. The summed E-state index contributed by atoms with van der Waals surface area (Å²) in [6.45, 7) is 0.125. The molecule has 1 aromatic heterocycles. The monoisotopic (exact) mass is 374 g/mol. The smallest absolute Gasteiger partial charge is 0.162 e. The summed E-state index contributed by atoms with van der Waals surface area (Å²) in [4.78, 5) is 7.79. The molecule has 0 aliphatic heterocycles. The van der Waals surface area contributed by atoms with E-state index in [4.69, 9.17) is 9.47 Å². The third kappa shape index (κ3) is 3.88. The van der Waals surface area contributed by atoms with Crippen molar-refractivity contribution in [2.75, 3.05) is 7.11 Å². The van der Waals surface area contributed by atoms with E-state index in [-0.39, 0.29) is 12.4 Å². The number of hydrogen-bond acceptors (Lipinski definition) is 3. The minimum absolute atomic E-state index is 0.125. The van der Waals surface area contributed by atoms with Gasteiger partial charge in [-0.15, -0.1) is 0 Å². The Bertz CT molecular complexity index is 1100. The lowest BCUT2D eigenvalue weighted by Crippen LogP contribution is -2.00. The highest BCUT2D eigenvalue weighted by atomic mass is 19.1. The van der Waals surface area contributed by atoms with E-state index in [9.17, 15) is 4.39 Å². The lowest BCUT2D eigenvalue weighted by molar-refractivity contribution is 0.279. The molecule has 4 aromatic rings. The van der Waals surface area contributed by atoms with Crippen LogP contribution in [-0.2, 0) is 6.61 Å². The first-order valence-electron chi connectivity index (χ1n) is 8.90. The third-order valence-electron chi connectivity index (χ3n) is 4.37. The summed E-state index contributed by atoms with van der Waals surface area (Å²) in [5, 5.41) is 0. The zero-order chi connectivity index (χ0) is 19.3. The number of ether oxygens (including phenoxy) is 2. The number of para-hydroxylation sites is 2. The molecule has 0 unspecified atom stereocenters. The van der Waals surface area contributed by atoms with E-state index in [0.29, 0.717) is 17.1 Å². The maximum absolute atomic E-state index is 13.8. The van der Waals surface area contributed by atoms with Crippen LogP contribution < -0.4 is 9.47 Å². The van der Waals surface area contributed by atoms with Gasteiger partial charge in [-0.1, -0.05) is 42.5 Å². The van der Waals surface area contributed by atoms with Crippen LogP contribution in [0.1, 0.15) is 17.0 Å². The van der Waals surface area contributed by atoms with Crippen LogP contribution >= 0.6 is 0 Å². The summed E-state index contributed by atoms with van der Waals surface area (Å²) in [6, 6.07) is 20.1. The number of imidazole rings is 1. The summed E-state index contributed by atoms with van der Waals surface area (Å²) in [5.74, 6) is 1.63. The molecule has 140 valence electrons. The molecule has 4 nitrogen and oxygen atoms in total. The van der Waals surface area contributed by atoms with E-state index >= 15 is 0 Å². The maximum Gasteiger partial charge on any atom is 0.162 e. The number of H-pyrrole nitrogens is 1. The van der Waals surface area contributed by atoms with E-state index in [2.05, 4.69) is 9.97 Å². The van der Waals surface area contributed by atoms with Crippen molar-refractivity contribution in [2.45, 2.75) is 6.61 Å². The van der Waals surface area contributed by atoms with E-state index < -0.39 is 0 Å². The summed E-state index contributed by atoms with van der Waals surface area (Å²) < 4.78 is 25.0. The Morgan fingerprint density at radius 2 is 1.79 bits per heavy atom. The number of aromatic amines is 1. The predicted octanol–water partition coefficient (Wildman–Crippen LogP) is 5.46. The van der Waals surface area contributed by atoms with Gasteiger partial charge in [0.1, 0.15) is 18.2 Å². The van der Waals surface area contributed by atoms with Crippen molar-refractivity contribution in [3.63, 3.8) is 0 Å². The number of nitrogens with one attached hydrogen (secondary N) is 1. The highest BCUT2D eigenvalue weighted by Gasteiger charge is 2.08. The quantitative estimate of drug-likeness (QED) is 0.487. The zero-order valence-corrected chi connectivity index (χ0v) is 15.4. The number of halogens is 1. The van der Waals surface area contributed by atoms with Crippen molar-refractivity contribution in [3.8, 4) is 11.5 Å². The lowest BCUT2D eigenvalue weighted by Gasteiger charge is -2.12. The molecule has 0 fully saturated rings. The standard InChI is InChI=1S/C23H19FN2O2/c1-27-21-12-10-16(11-13-23-25-19-8-4-5-9-20(19)26-23)14-22(21)28-15-17-6-2-3-7-18(17)24/h2-14H,15H2,1H3,(H,25,26). The van der Waals surface area contributed by atoms with Gasteiger partial charge in [0.15, 0.2) is 11.5 Å². The Morgan fingerprint density at radius 3 is 2.61 bits per heavy atom. The van der Waals surface area contributed by atoms with Crippen LogP contribution in [0.15, 0.2) is 66.7 Å². The highest BCUT2D eigenvalue weighted by Crippen LogP contribution is 2.30. The van der Waals surface area contributed by atoms with Crippen LogP contribution in [0.2, 0.25) is 0 Å². The summed E-state index contributed by atoms with van der Waals surface area (Å²) in [5.41, 5.74) is 3.33. The first-order valence-corrected chi connectivity index (χ1v) is 8.90. The molecule has 0 radical (unpaired) electrons. The topological polar surface area (TPSA) is 47.1 Å². The second-order valence-electron chi connectivity index (χ2n) is 6.26. The van der Waals surface area contributed by atoms with Gasteiger partial charge >= 0.3 is 0 Å². The Kier molecular flexibility index (Phi) is 5.06. The maximum atomic E-state index is 13.8. The predicted molar refractivity (Wildman–Crippen MR) is 109 cm³/mol. The second kappa shape index (κ2) is 7.96. The van der Waals surface area contributed by atoms with Gasteiger partial charge in [0.05, 0.1) is 18.1 Å². The van der Waals surface area contributed by atoms with Crippen molar-refractivity contribution < 1.29 is 13.9 Å². The Balaban J connectivity index is 1.54. The molecule has 0 saturated carbocycles. The van der Waals surface area contributed by atoms with Gasteiger partial charge in [-0.2, -0.15) is 0 Å². The number of aromatic nitrogens is 2. The van der Waals surface area contributed by atoms with Gasteiger partial charge in [0, 0.05) is 5.56 Å². The van der Waals surface area contributed by atoms with Crippen molar-refractivity contribution >= 4 is 23.2 Å². The summed E-state index contributed by atoms with van der Waals surface area (Å²) in [7, 11) is 1.58. The fraction of sp³-hybridized carbons (Fsp3) is 0.0870. The van der Waals surface area contributed by atoms with E-state index in [1.165, 1.54) is 6.07 Å². The van der Waals surface area contributed by atoms with Crippen LogP contribution in [0, 0.1) is 5.82 Å². The number of nitrogens with zero attached hydrogens (tertiary/aromatic N) is 1. The molecule has 1 heterocycles. The fourth-order valence-electron chi connectivity index (χ4n) is 2.91. The Hall–Kier alpha value is -3.60. The average molecular weight is 374 g/mol. The molecule has 0 bridgehead atoms. The lowest BCUT2D eigenvalue weighted by atomic mass is 10.2. The molecule has 0 aliphatic carbocycles. The number of benzene rings is 3. The van der Waals surface area contributed by atoms with Crippen LogP contribution in [0.25, 0.3) is 23.2 Å². The SMILES string of the molecule is COc1ccc(C=Cc2nc3ccccc3[nH]2)cc1OCc1ccccc1F. The second-order valence-corrected chi connectivity index (χ2v) is 6.26. The summed E-state index contributed by atoms with van der Waals surface area (Å²) in [6.07, 6.45) is 3.84. The highest BCUT2D eigenvalue weighted by molar-refractivity contribution is 5.78. The van der Waals surface area contributed by atoms with Gasteiger partial charge in [-0.3, -0.25) is 0 Å². The minimum Gasteiger partial charge on any atom is -0.493 e. The molecular weight excluding hydrogens is 355 g/mol. The van der Waals surface area contributed by atoms with E-state index in [1.807, 2.05) is 54.6 Å². The molecule has 3 aromatic carbocycles. The van der Waals surface area contributed by atoms with Gasteiger partial charge in [0.2, 0.25) is 0 Å². The molecule has 0 atom stereocenters. The van der Waals surface area contributed by atoms with Crippen LogP contribution in [-0.4, -0.2) is 17.1 Å². The average Bonchev–Trinajstić information content (AvgIpc) is 3.15. The van der Waals surface area contributed by atoms with Crippen molar-refractivity contribution in [2.24, 2.45) is 0 Å². The first kappa shape index (κ1) is 17.8. The molecule has 4 rings (SSSR count). The van der Waals surface area contributed by atoms with Crippen molar-refractivity contribution in [3.05, 3.63) is 89.5 Å². The van der Waals surface area contributed by atoms with Gasteiger partial charge in [-0.05, 0) is 42.0 Å². The molecule has 0 amide bonds. The van der Waals surface area contributed by atoms with Crippen molar-refractivity contribution in [1.29, 1.82) is 0 Å². The van der Waals surface area contributed by atoms with E-state index in [1.54, 1.807) is 25.3 Å². The van der Waals surface area contributed by atoms with Crippen LogP contribution in [0.3, 0.4) is 0 Å². The number of methoxy groups -OCH3 is 1. The number of rotatable bonds is 6. The van der Waals surface area contributed by atoms with Gasteiger partial charge in [0.25, 0.3) is 0 Å². The zero-order valence-electron chi connectivity index (χ0n) is 15.4. The summed E-state index contributed by atoms with van der Waals surface area (Å²) >= 11 is 0. The third-order valence-corrected chi connectivity index (χ3v) is 4.37. The molecule has 0 spiro atoms. The van der Waals surface area contributed by atoms with Gasteiger partial charge < -0.3 is 14.5 Å². The molecule has 1 N–H and O–H groups in total. The van der Waals surface area contributed by atoms with Gasteiger partial charge in [-0.25, -0.2) is 9.37 Å². The van der Waals surface area contributed by atoms with Crippen LogP contribution in [0.5, 0.6) is 11.5 Å². The van der Waals surface area contributed by atoms with E-state index in [0.717, 1.165) is 22.4 Å². The minimum atomic E-state index is -0.289. The Morgan fingerprint density at radius 1 is 0.964 bits per heavy atom. The Labute approximate surface area is 162 Å². The first-order chi connectivity index (χ1) is 13.7. The van der Waals surface area contributed by atoms with Crippen molar-refractivity contribution in [1.82, 2.24) is 9.97 Å². The van der Waals surface area contributed by atoms with Crippen LogP contribution in [0.4, 0.5) is 4.39 Å². The molecule has 0 aliphatic rings. The molecule has 5 heteroatoms.